The molecule has 1 atom stereocenters. The Morgan fingerprint density at radius 2 is 1.36 bits per heavy atom. The van der Waals surface area contributed by atoms with Crippen LogP contribution in [-0.2, 0) is 19.6 Å². The van der Waals surface area contributed by atoms with Gasteiger partial charge in [-0.25, -0.2) is 13.1 Å². The summed E-state index contributed by atoms with van der Waals surface area (Å²) >= 11 is 6.14. The minimum Gasteiger partial charge on any atom is -0.491 e. The standard InChI is InChI=1S/C30H51ClN2O5S/c1-6-7-8-9-10-11-12-13-14-15-16-17-18-19-22-38-26-21-20-24(39(36,37)32-5)23-25(26)33-29(35)27(31)28(34)30(2,3)4/h20-21,23,27,32H,6-19,22H2,1-5H3,(H,33,35). The zero-order valence-corrected chi connectivity index (χ0v) is 26.3. The molecule has 9 heteroatoms. The summed E-state index contributed by atoms with van der Waals surface area (Å²) in [6.45, 7) is 7.74. The maximum atomic E-state index is 12.7. The fraction of sp³-hybridized carbons (Fsp3) is 0.733. The Labute approximate surface area is 242 Å². The van der Waals surface area contributed by atoms with Crippen molar-refractivity contribution in [2.24, 2.45) is 5.41 Å². The average Bonchev–Trinajstić information content (AvgIpc) is 2.89. The van der Waals surface area contributed by atoms with Gasteiger partial charge in [-0.1, -0.05) is 111 Å². The number of hydrogen-bond donors (Lipinski definition) is 2. The summed E-state index contributed by atoms with van der Waals surface area (Å²) in [5.74, 6) is -0.817. The van der Waals surface area contributed by atoms with Crippen molar-refractivity contribution in [1.29, 1.82) is 0 Å². The largest absolute Gasteiger partial charge is 0.491 e. The van der Waals surface area contributed by atoms with Crippen LogP contribution in [0.25, 0.3) is 0 Å². The molecule has 0 aromatic heterocycles. The van der Waals surface area contributed by atoms with Gasteiger partial charge in [-0.2, -0.15) is 0 Å². The van der Waals surface area contributed by atoms with Crippen LogP contribution in [0.1, 0.15) is 118 Å². The summed E-state index contributed by atoms with van der Waals surface area (Å²) < 4.78 is 32.7. The third kappa shape index (κ3) is 14.0. The van der Waals surface area contributed by atoms with Gasteiger partial charge >= 0.3 is 0 Å². The molecule has 0 aliphatic carbocycles. The molecule has 1 rings (SSSR count). The van der Waals surface area contributed by atoms with E-state index >= 15 is 0 Å². The molecular weight excluding hydrogens is 536 g/mol. The molecule has 0 heterocycles. The third-order valence-corrected chi connectivity index (χ3v) is 8.55. The molecule has 7 nitrogen and oxygen atoms in total. The van der Waals surface area contributed by atoms with Crippen molar-refractivity contribution in [3.05, 3.63) is 18.2 Å². The summed E-state index contributed by atoms with van der Waals surface area (Å²) in [6, 6.07) is 4.24. The summed E-state index contributed by atoms with van der Waals surface area (Å²) in [4.78, 5) is 25.1. The van der Waals surface area contributed by atoms with E-state index in [2.05, 4.69) is 17.0 Å². The lowest BCUT2D eigenvalue weighted by atomic mass is 9.88. The van der Waals surface area contributed by atoms with E-state index in [1.807, 2.05) is 0 Å². The smallest absolute Gasteiger partial charge is 0.250 e. The molecule has 224 valence electrons. The van der Waals surface area contributed by atoms with Gasteiger partial charge in [0.1, 0.15) is 5.75 Å². The number of nitrogens with one attached hydrogen (secondary N) is 2. The van der Waals surface area contributed by atoms with Crippen LogP contribution in [0.3, 0.4) is 0 Å². The quantitative estimate of drug-likeness (QED) is 0.0876. The molecule has 1 aromatic carbocycles. The maximum absolute atomic E-state index is 12.7. The molecule has 1 aromatic rings. The van der Waals surface area contributed by atoms with Crippen LogP contribution in [-0.4, -0.2) is 39.1 Å². The zero-order valence-electron chi connectivity index (χ0n) is 24.7. The van der Waals surface area contributed by atoms with E-state index in [0.29, 0.717) is 12.4 Å². The molecule has 0 radical (unpaired) electrons. The number of alkyl halides is 1. The van der Waals surface area contributed by atoms with Crippen molar-refractivity contribution in [3.63, 3.8) is 0 Å². The number of amides is 1. The number of Topliss-reactive ketones (excluding diaryl/α,β-unsaturated/α-hetero) is 1. The Bertz CT molecular complexity index is 976. The summed E-state index contributed by atoms with van der Waals surface area (Å²) in [6.07, 6.45) is 17.7. The highest BCUT2D eigenvalue weighted by molar-refractivity contribution is 7.89. The molecule has 1 unspecified atom stereocenters. The lowest BCUT2D eigenvalue weighted by Gasteiger charge is -2.21. The van der Waals surface area contributed by atoms with Crippen LogP contribution < -0.4 is 14.8 Å². The molecule has 0 saturated carbocycles. The number of anilines is 1. The second-order valence-electron chi connectivity index (χ2n) is 11.3. The first-order valence-electron chi connectivity index (χ1n) is 14.6. The van der Waals surface area contributed by atoms with Crippen LogP contribution in [0.15, 0.2) is 23.1 Å². The number of carbonyl (C=O) groups is 2. The molecule has 0 bridgehead atoms. The Morgan fingerprint density at radius 1 is 0.872 bits per heavy atom. The normalized spacial score (nSPS) is 12.8. The van der Waals surface area contributed by atoms with Gasteiger partial charge in [-0.3, -0.25) is 9.59 Å². The van der Waals surface area contributed by atoms with Crippen molar-refractivity contribution in [2.75, 3.05) is 19.0 Å². The highest BCUT2D eigenvalue weighted by Gasteiger charge is 2.33. The Morgan fingerprint density at radius 3 is 1.82 bits per heavy atom. The number of ketones is 1. The summed E-state index contributed by atoms with van der Waals surface area (Å²) in [5.41, 5.74) is -0.636. The van der Waals surface area contributed by atoms with E-state index in [0.717, 1.165) is 19.3 Å². The van der Waals surface area contributed by atoms with Gasteiger partial charge in [0.15, 0.2) is 11.2 Å². The number of hydrogen-bond acceptors (Lipinski definition) is 5. The molecule has 1 amide bonds. The SMILES string of the molecule is CCCCCCCCCCCCCCCCOc1ccc(S(=O)(=O)NC)cc1NC(=O)C(Cl)C(=O)C(C)(C)C. The van der Waals surface area contributed by atoms with E-state index in [4.69, 9.17) is 16.3 Å². The van der Waals surface area contributed by atoms with E-state index in [1.165, 1.54) is 95.9 Å². The van der Waals surface area contributed by atoms with Crippen molar-refractivity contribution < 1.29 is 22.7 Å². The average molecular weight is 587 g/mol. The van der Waals surface area contributed by atoms with Gasteiger partial charge in [0.25, 0.3) is 0 Å². The lowest BCUT2D eigenvalue weighted by molar-refractivity contribution is -0.130. The molecule has 0 aliphatic heterocycles. The van der Waals surface area contributed by atoms with E-state index in [9.17, 15) is 18.0 Å². The van der Waals surface area contributed by atoms with Gasteiger partial charge in [-0.15, -0.1) is 11.6 Å². The second-order valence-corrected chi connectivity index (χ2v) is 13.6. The van der Waals surface area contributed by atoms with Gasteiger partial charge in [-0.05, 0) is 31.7 Å². The van der Waals surface area contributed by atoms with Crippen molar-refractivity contribution >= 4 is 39.0 Å². The predicted octanol–water partition coefficient (Wildman–Crippen LogP) is 7.62. The highest BCUT2D eigenvalue weighted by atomic mass is 35.5. The number of halogens is 1. The number of unbranched alkanes of at least 4 members (excludes halogenated alkanes) is 13. The third-order valence-electron chi connectivity index (χ3n) is 6.74. The first kappa shape index (κ1) is 35.4. The van der Waals surface area contributed by atoms with E-state index < -0.39 is 32.5 Å². The Kier molecular flexibility index (Phi) is 16.9. The lowest BCUT2D eigenvalue weighted by Crippen LogP contribution is -2.37. The first-order valence-corrected chi connectivity index (χ1v) is 16.6. The van der Waals surface area contributed by atoms with Crippen molar-refractivity contribution in [2.45, 2.75) is 128 Å². The number of benzene rings is 1. The van der Waals surface area contributed by atoms with Gasteiger partial charge < -0.3 is 10.1 Å². The Balaban J connectivity index is 2.51. The zero-order chi connectivity index (χ0) is 29.3. The molecule has 0 saturated heterocycles. The molecule has 39 heavy (non-hydrogen) atoms. The van der Waals surface area contributed by atoms with E-state index in [-0.39, 0.29) is 10.6 Å². The van der Waals surface area contributed by atoms with Gasteiger partial charge in [0, 0.05) is 5.41 Å². The van der Waals surface area contributed by atoms with Crippen LogP contribution in [0.5, 0.6) is 5.75 Å². The number of carbonyl (C=O) groups excluding carboxylic acids is 2. The molecule has 0 aliphatic rings. The van der Waals surface area contributed by atoms with Crippen molar-refractivity contribution in [1.82, 2.24) is 4.72 Å². The van der Waals surface area contributed by atoms with Crippen LogP contribution in [0, 0.1) is 5.41 Å². The number of ether oxygens (including phenoxy) is 1. The van der Waals surface area contributed by atoms with Crippen LogP contribution >= 0.6 is 11.6 Å². The Hall–Kier alpha value is -1.64. The summed E-state index contributed by atoms with van der Waals surface area (Å²) in [5, 5.41) is 1.18. The van der Waals surface area contributed by atoms with Crippen LogP contribution in [0.2, 0.25) is 0 Å². The topological polar surface area (TPSA) is 102 Å². The molecule has 2 N–H and O–H groups in total. The van der Waals surface area contributed by atoms with Gasteiger partial charge in [0.05, 0.1) is 17.2 Å². The number of sulfonamides is 1. The minimum atomic E-state index is -3.74. The monoisotopic (exact) mass is 586 g/mol. The molecule has 0 spiro atoms. The predicted molar refractivity (Wildman–Crippen MR) is 161 cm³/mol. The minimum absolute atomic E-state index is 0.0302. The van der Waals surface area contributed by atoms with Gasteiger partial charge in [0.2, 0.25) is 15.9 Å². The molecular formula is C30H51ClN2O5S. The van der Waals surface area contributed by atoms with Crippen molar-refractivity contribution in [3.8, 4) is 5.75 Å². The van der Waals surface area contributed by atoms with E-state index in [1.54, 1.807) is 20.8 Å². The van der Waals surface area contributed by atoms with Crippen LogP contribution in [0.4, 0.5) is 5.69 Å². The summed E-state index contributed by atoms with van der Waals surface area (Å²) in [7, 11) is -2.43. The first-order chi connectivity index (χ1) is 18.4. The molecule has 0 fully saturated rings. The number of rotatable bonds is 21. The fourth-order valence-corrected chi connectivity index (χ4v) is 5.33. The highest BCUT2D eigenvalue weighted by Crippen LogP contribution is 2.29. The fourth-order valence-electron chi connectivity index (χ4n) is 4.19. The second kappa shape index (κ2) is 18.7. The maximum Gasteiger partial charge on any atom is 0.250 e.